The molecule has 1 atom stereocenters. The molecule has 0 aliphatic heterocycles. The zero-order chi connectivity index (χ0) is 50.0. The van der Waals surface area contributed by atoms with Crippen LogP contribution in [0, 0.1) is 0 Å². The Bertz CT molecular complexity index is 1790. The number of carbonyl (C=O) groups excluding carboxylic acids is 3. The Morgan fingerprint density at radius 2 is 0.522 bits per heavy atom. The number of esters is 3. The van der Waals surface area contributed by atoms with Gasteiger partial charge in [-0.05, 0) is 77.0 Å². The highest BCUT2D eigenvalue weighted by Gasteiger charge is 2.19. The van der Waals surface area contributed by atoms with E-state index in [4.69, 9.17) is 14.2 Å². The second kappa shape index (κ2) is 54.6. The van der Waals surface area contributed by atoms with E-state index in [1.54, 1.807) is 0 Å². The van der Waals surface area contributed by atoms with E-state index < -0.39 is 6.10 Å². The highest BCUT2D eigenvalue weighted by molar-refractivity contribution is 5.71. The molecule has 6 nitrogen and oxygen atoms in total. The van der Waals surface area contributed by atoms with Crippen LogP contribution >= 0.6 is 0 Å². The summed E-state index contributed by atoms with van der Waals surface area (Å²) >= 11 is 0. The van der Waals surface area contributed by atoms with Crippen LogP contribution in [0.5, 0.6) is 0 Å². The van der Waals surface area contributed by atoms with Crippen LogP contribution < -0.4 is 0 Å². The van der Waals surface area contributed by atoms with Gasteiger partial charge in [-0.3, -0.25) is 14.4 Å². The van der Waals surface area contributed by atoms with E-state index in [-0.39, 0.29) is 44.0 Å². The van der Waals surface area contributed by atoms with Gasteiger partial charge in [0.25, 0.3) is 0 Å². The van der Waals surface area contributed by atoms with Crippen LogP contribution in [-0.2, 0) is 28.6 Å². The van der Waals surface area contributed by atoms with Crippen molar-refractivity contribution < 1.29 is 28.6 Å². The summed E-state index contributed by atoms with van der Waals surface area (Å²) in [6, 6.07) is 0. The topological polar surface area (TPSA) is 78.9 Å². The van der Waals surface area contributed by atoms with Crippen molar-refractivity contribution in [1.29, 1.82) is 0 Å². The fraction of sp³-hybridized carbons (Fsp3) is 0.413. The van der Waals surface area contributed by atoms with Gasteiger partial charge >= 0.3 is 17.9 Å². The fourth-order valence-electron chi connectivity index (χ4n) is 5.94. The molecule has 0 aliphatic carbocycles. The molecule has 0 fully saturated rings. The Morgan fingerprint density at radius 1 is 0.290 bits per heavy atom. The lowest BCUT2D eigenvalue weighted by molar-refractivity contribution is -0.167. The normalized spacial score (nSPS) is 13.8. The number of carbonyl (C=O) groups is 3. The van der Waals surface area contributed by atoms with Crippen LogP contribution in [0.3, 0.4) is 0 Å². The van der Waals surface area contributed by atoms with E-state index in [2.05, 4.69) is 75.5 Å². The molecule has 1 unspecified atom stereocenters. The third-order valence-corrected chi connectivity index (χ3v) is 9.71. The predicted molar refractivity (Wildman–Crippen MR) is 297 cm³/mol. The standard InChI is InChI=1S/C63H88O6/c1-4-7-10-13-16-19-22-25-27-29-31-33-35-38-41-44-47-50-53-56-62(65)68-59-60(58-67-61(64)55-52-49-46-43-40-37-24-21-18-15-12-9-6-3)69-63(66)57-54-51-48-45-42-39-36-34-32-30-28-26-23-20-17-14-11-8-5-2/h7-36,38-39,41-42,60H,4-6,37,40,43-59H2,1-3H3/b10-7+,11-8+,12-9+,16-13+,17-14+,18-15+,22-19+,23-20+,24-21+,27-25+,28-26+,31-29+,32-30+,35-33+,36-34+,41-38+,42-39+. The molecule has 0 aromatic carbocycles. The van der Waals surface area contributed by atoms with E-state index in [1.165, 1.54) is 0 Å². The average Bonchev–Trinajstić information content (AvgIpc) is 3.35. The lowest BCUT2D eigenvalue weighted by Crippen LogP contribution is -2.30. The summed E-state index contributed by atoms with van der Waals surface area (Å²) in [5.74, 6) is -1.07. The quantitative estimate of drug-likeness (QED) is 0.0263. The number of hydrogen-bond acceptors (Lipinski definition) is 6. The van der Waals surface area contributed by atoms with Gasteiger partial charge in [0.2, 0.25) is 0 Å². The molecule has 0 heterocycles. The maximum atomic E-state index is 12.8. The molecule has 69 heavy (non-hydrogen) atoms. The van der Waals surface area contributed by atoms with Gasteiger partial charge in [0.15, 0.2) is 6.10 Å². The highest BCUT2D eigenvalue weighted by Crippen LogP contribution is 2.11. The number of ether oxygens (including phenoxy) is 3. The first-order chi connectivity index (χ1) is 34.0. The Morgan fingerprint density at radius 3 is 0.826 bits per heavy atom. The van der Waals surface area contributed by atoms with Crippen molar-refractivity contribution in [1.82, 2.24) is 0 Å². The molecule has 0 bridgehead atoms. The van der Waals surface area contributed by atoms with E-state index in [1.807, 2.05) is 152 Å². The summed E-state index contributed by atoms with van der Waals surface area (Å²) in [7, 11) is 0. The maximum Gasteiger partial charge on any atom is 0.306 e. The zero-order valence-corrected chi connectivity index (χ0v) is 42.7. The van der Waals surface area contributed by atoms with Gasteiger partial charge in [-0.15, -0.1) is 0 Å². The van der Waals surface area contributed by atoms with E-state index in [0.29, 0.717) is 19.3 Å². The number of rotatable bonds is 42. The van der Waals surface area contributed by atoms with Crippen molar-refractivity contribution in [3.8, 4) is 0 Å². The number of hydrogen-bond donors (Lipinski definition) is 0. The van der Waals surface area contributed by atoms with Crippen molar-refractivity contribution in [3.63, 3.8) is 0 Å². The predicted octanol–water partition coefficient (Wildman–Crippen LogP) is 17.3. The molecule has 6 heteroatoms. The van der Waals surface area contributed by atoms with E-state index in [0.717, 1.165) is 96.3 Å². The van der Waals surface area contributed by atoms with Crippen molar-refractivity contribution in [3.05, 3.63) is 207 Å². The van der Waals surface area contributed by atoms with E-state index >= 15 is 0 Å². The molecule has 0 spiro atoms. The zero-order valence-electron chi connectivity index (χ0n) is 42.7. The lowest BCUT2D eigenvalue weighted by atomic mass is 10.1. The summed E-state index contributed by atoms with van der Waals surface area (Å²) in [4.78, 5) is 38.0. The summed E-state index contributed by atoms with van der Waals surface area (Å²) in [5, 5.41) is 0. The number of allylic oxidation sites excluding steroid dienone is 34. The molecular weight excluding hydrogens is 853 g/mol. The second-order valence-electron chi connectivity index (χ2n) is 16.0. The largest absolute Gasteiger partial charge is 0.462 e. The van der Waals surface area contributed by atoms with E-state index in [9.17, 15) is 14.4 Å². The van der Waals surface area contributed by atoms with Gasteiger partial charge in [-0.2, -0.15) is 0 Å². The minimum Gasteiger partial charge on any atom is -0.462 e. The molecule has 376 valence electrons. The van der Waals surface area contributed by atoms with Crippen LogP contribution in [0.4, 0.5) is 0 Å². The molecule has 0 radical (unpaired) electrons. The SMILES string of the molecule is CC/C=C/C=C/C=C/C=C/C=C/C=C/C=C/CCCCCC(=O)OCC(COC(=O)CCCCCCC/C=C/C=C/C=C/CC)OC(=O)CCCCC/C=C/C=C/C=C/C=C/C=C/C=C/C=C/CC. The highest BCUT2D eigenvalue weighted by atomic mass is 16.6. The van der Waals surface area contributed by atoms with Gasteiger partial charge in [0.1, 0.15) is 13.2 Å². The summed E-state index contributed by atoms with van der Waals surface area (Å²) in [5.41, 5.74) is 0. The Labute approximate surface area is 419 Å². The third kappa shape index (κ3) is 52.8. The minimum atomic E-state index is -0.844. The first-order valence-corrected chi connectivity index (χ1v) is 25.8. The average molecular weight is 941 g/mol. The van der Waals surface area contributed by atoms with Gasteiger partial charge in [0, 0.05) is 19.3 Å². The van der Waals surface area contributed by atoms with Crippen LogP contribution in [0.15, 0.2) is 207 Å². The summed E-state index contributed by atoms with van der Waals surface area (Å²) in [6.07, 6.45) is 85.1. The van der Waals surface area contributed by atoms with Crippen LogP contribution in [0.2, 0.25) is 0 Å². The van der Waals surface area contributed by atoms with Gasteiger partial charge in [0.05, 0.1) is 0 Å². The molecule has 0 aromatic heterocycles. The van der Waals surface area contributed by atoms with Gasteiger partial charge < -0.3 is 14.2 Å². The van der Waals surface area contributed by atoms with Crippen molar-refractivity contribution in [2.45, 2.75) is 155 Å². The maximum absolute atomic E-state index is 12.8. The third-order valence-electron chi connectivity index (χ3n) is 9.71. The van der Waals surface area contributed by atoms with Crippen LogP contribution in [0.1, 0.15) is 149 Å². The Kier molecular flexibility index (Phi) is 49.8. The molecule has 0 amide bonds. The van der Waals surface area contributed by atoms with Gasteiger partial charge in [-0.1, -0.05) is 259 Å². The Balaban J connectivity index is 4.69. The number of unbranched alkanes of at least 4 members (excludes halogenated alkanes) is 11. The molecular formula is C63H88O6. The van der Waals surface area contributed by atoms with Crippen molar-refractivity contribution in [2.75, 3.05) is 13.2 Å². The smallest absolute Gasteiger partial charge is 0.306 e. The van der Waals surface area contributed by atoms with Gasteiger partial charge in [-0.25, -0.2) is 0 Å². The lowest BCUT2D eigenvalue weighted by Gasteiger charge is -2.18. The molecule has 0 aromatic rings. The molecule has 0 rings (SSSR count). The summed E-state index contributed by atoms with van der Waals surface area (Å²) < 4.78 is 16.7. The minimum absolute atomic E-state index is 0.137. The molecule has 0 aliphatic rings. The fourth-order valence-corrected chi connectivity index (χ4v) is 5.94. The Hall–Kier alpha value is -6.01. The monoisotopic (exact) mass is 941 g/mol. The van der Waals surface area contributed by atoms with Crippen LogP contribution in [-0.4, -0.2) is 37.2 Å². The molecule has 0 saturated carbocycles. The van der Waals surface area contributed by atoms with Crippen molar-refractivity contribution >= 4 is 17.9 Å². The van der Waals surface area contributed by atoms with Crippen LogP contribution in [0.25, 0.3) is 0 Å². The second-order valence-corrected chi connectivity index (χ2v) is 16.0. The summed E-state index contributed by atoms with van der Waals surface area (Å²) in [6.45, 7) is 6.07. The molecule has 0 N–H and O–H groups in total. The molecule has 0 saturated heterocycles. The first kappa shape index (κ1) is 63.0. The first-order valence-electron chi connectivity index (χ1n) is 25.8. The van der Waals surface area contributed by atoms with Crippen molar-refractivity contribution in [2.24, 2.45) is 0 Å².